The van der Waals surface area contributed by atoms with Gasteiger partial charge in [0.15, 0.2) is 0 Å². The highest BCUT2D eigenvalue weighted by atomic mass is 32.2. The molecule has 0 saturated heterocycles. The van der Waals surface area contributed by atoms with Crippen LogP contribution in [0.3, 0.4) is 0 Å². The molecule has 0 spiro atoms. The minimum atomic E-state index is 0.355. The molecular weight excluding hydrogens is 140 g/mol. The van der Waals surface area contributed by atoms with Gasteiger partial charge in [0, 0.05) is 9.49 Å². The molecule has 1 heterocycles. The van der Waals surface area contributed by atoms with Gasteiger partial charge in [0.05, 0.1) is 0 Å². The van der Waals surface area contributed by atoms with Crippen LogP contribution >= 0.6 is 11.8 Å². The van der Waals surface area contributed by atoms with Crippen molar-refractivity contribution in [3.8, 4) is 0 Å². The zero-order valence-corrected chi connectivity index (χ0v) is 8.30. The summed E-state index contributed by atoms with van der Waals surface area (Å²) in [6.07, 6.45) is 2.37. The fourth-order valence-corrected chi connectivity index (χ4v) is 3.23. The van der Waals surface area contributed by atoms with Crippen LogP contribution in [0.2, 0.25) is 0 Å². The Balaban J connectivity index is 2.89. The van der Waals surface area contributed by atoms with E-state index in [1.807, 2.05) is 11.8 Å². The van der Waals surface area contributed by atoms with E-state index in [1.54, 1.807) is 0 Å². The lowest BCUT2D eigenvalue weighted by Gasteiger charge is -2.23. The highest BCUT2D eigenvalue weighted by Crippen LogP contribution is 2.48. The largest absolute Gasteiger partial charge is 0.141 e. The monoisotopic (exact) mass is 156 g/mol. The highest BCUT2D eigenvalue weighted by molar-refractivity contribution is 8.02. The summed E-state index contributed by atoms with van der Waals surface area (Å²) in [6, 6.07) is 0. The van der Waals surface area contributed by atoms with Crippen molar-refractivity contribution in [3.63, 3.8) is 0 Å². The normalized spacial score (nSPS) is 28.3. The first-order chi connectivity index (χ1) is 4.33. The molecule has 0 N–H and O–H groups in total. The van der Waals surface area contributed by atoms with Gasteiger partial charge < -0.3 is 0 Å². The molecule has 0 unspecified atom stereocenters. The minimum Gasteiger partial charge on any atom is -0.141 e. The lowest BCUT2D eigenvalue weighted by molar-refractivity contribution is 0.845. The first-order valence-electron chi connectivity index (χ1n) is 3.74. The summed E-state index contributed by atoms with van der Waals surface area (Å²) in [5.41, 5.74) is 1.52. The second-order valence-electron chi connectivity index (χ2n) is 4.04. The van der Waals surface area contributed by atoms with Gasteiger partial charge in [-0.05, 0) is 34.6 Å². The van der Waals surface area contributed by atoms with Crippen LogP contribution in [0.5, 0.6) is 0 Å². The molecular formula is C9H16S. The molecule has 1 rings (SSSR count). The van der Waals surface area contributed by atoms with Crippen molar-refractivity contribution in [2.24, 2.45) is 0 Å². The average molecular weight is 156 g/mol. The Morgan fingerprint density at radius 2 is 1.70 bits per heavy atom. The first-order valence-corrected chi connectivity index (χ1v) is 4.55. The Labute approximate surface area is 68.1 Å². The molecule has 0 aromatic carbocycles. The molecule has 0 nitrogen and oxygen atoms in total. The maximum absolute atomic E-state index is 2.37. The van der Waals surface area contributed by atoms with Crippen molar-refractivity contribution >= 4 is 11.8 Å². The number of rotatable bonds is 0. The van der Waals surface area contributed by atoms with E-state index in [1.165, 1.54) is 5.57 Å². The zero-order valence-electron chi connectivity index (χ0n) is 7.49. The topological polar surface area (TPSA) is 0 Å². The molecule has 1 heteroatoms. The van der Waals surface area contributed by atoms with Crippen molar-refractivity contribution in [2.75, 3.05) is 0 Å². The van der Waals surface area contributed by atoms with Crippen LogP contribution in [0.25, 0.3) is 0 Å². The van der Waals surface area contributed by atoms with Crippen LogP contribution in [0.4, 0.5) is 0 Å². The van der Waals surface area contributed by atoms with Crippen molar-refractivity contribution in [2.45, 2.75) is 44.1 Å². The number of hydrogen-bond donors (Lipinski definition) is 0. The van der Waals surface area contributed by atoms with Crippen LogP contribution in [0.1, 0.15) is 34.6 Å². The van der Waals surface area contributed by atoms with Gasteiger partial charge in [0.1, 0.15) is 0 Å². The molecule has 0 aromatic rings. The van der Waals surface area contributed by atoms with Crippen LogP contribution < -0.4 is 0 Å². The quantitative estimate of drug-likeness (QED) is 0.485. The van der Waals surface area contributed by atoms with Gasteiger partial charge >= 0.3 is 0 Å². The zero-order chi connectivity index (χ0) is 7.99. The predicted octanol–water partition coefficient (Wildman–Crippen LogP) is 3.24. The summed E-state index contributed by atoms with van der Waals surface area (Å²) in [5, 5.41) is 0. The second-order valence-corrected chi connectivity index (χ2v) is 6.32. The van der Waals surface area contributed by atoms with Gasteiger partial charge in [-0.3, -0.25) is 0 Å². The van der Waals surface area contributed by atoms with Crippen molar-refractivity contribution in [1.29, 1.82) is 0 Å². The molecule has 0 radical (unpaired) electrons. The molecule has 58 valence electrons. The molecule has 0 saturated carbocycles. The Morgan fingerprint density at radius 1 is 1.20 bits per heavy atom. The smallest absolute Gasteiger partial charge is 0.0318 e. The summed E-state index contributed by atoms with van der Waals surface area (Å²) in [5.74, 6) is 0. The SMILES string of the molecule is CC1=CC(C)(C)SC1(C)C. The Kier molecular flexibility index (Phi) is 1.67. The molecule has 0 amide bonds. The van der Waals surface area contributed by atoms with Crippen LogP contribution in [-0.4, -0.2) is 9.49 Å². The average Bonchev–Trinajstić information content (AvgIpc) is 1.73. The molecule has 0 atom stereocenters. The van der Waals surface area contributed by atoms with Crippen LogP contribution in [-0.2, 0) is 0 Å². The van der Waals surface area contributed by atoms with E-state index < -0.39 is 0 Å². The third-order valence-corrected chi connectivity index (χ3v) is 3.51. The van der Waals surface area contributed by atoms with E-state index in [0.717, 1.165) is 0 Å². The third-order valence-electron chi connectivity index (χ3n) is 2.03. The standard InChI is InChI=1S/C9H16S/c1-7-6-8(2,3)10-9(7,4)5/h6H,1-5H3. The van der Waals surface area contributed by atoms with E-state index in [9.17, 15) is 0 Å². The minimum absolute atomic E-state index is 0.355. The first kappa shape index (κ1) is 8.19. The summed E-state index contributed by atoms with van der Waals surface area (Å²) in [6.45, 7) is 11.4. The van der Waals surface area contributed by atoms with Crippen LogP contribution in [0.15, 0.2) is 11.6 Å². The third kappa shape index (κ3) is 1.39. The van der Waals surface area contributed by atoms with E-state index in [-0.39, 0.29) is 0 Å². The van der Waals surface area contributed by atoms with Gasteiger partial charge in [0.25, 0.3) is 0 Å². The number of hydrogen-bond acceptors (Lipinski definition) is 1. The van der Waals surface area contributed by atoms with Gasteiger partial charge in [-0.2, -0.15) is 0 Å². The van der Waals surface area contributed by atoms with E-state index in [2.05, 4.69) is 40.7 Å². The highest BCUT2D eigenvalue weighted by Gasteiger charge is 2.35. The van der Waals surface area contributed by atoms with Gasteiger partial charge in [-0.1, -0.05) is 11.6 Å². The van der Waals surface area contributed by atoms with E-state index in [4.69, 9.17) is 0 Å². The Hall–Kier alpha value is 0.0900. The van der Waals surface area contributed by atoms with Crippen LogP contribution in [0, 0.1) is 0 Å². The van der Waals surface area contributed by atoms with Gasteiger partial charge in [-0.25, -0.2) is 0 Å². The molecule has 0 fully saturated rings. The Morgan fingerprint density at radius 3 is 1.80 bits per heavy atom. The predicted molar refractivity (Wildman–Crippen MR) is 49.5 cm³/mol. The van der Waals surface area contributed by atoms with Crippen molar-refractivity contribution in [1.82, 2.24) is 0 Å². The summed E-state index contributed by atoms with van der Waals surface area (Å²) >= 11 is 2.04. The summed E-state index contributed by atoms with van der Waals surface area (Å²) in [4.78, 5) is 0. The molecule has 1 aliphatic rings. The fraction of sp³-hybridized carbons (Fsp3) is 0.778. The van der Waals surface area contributed by atoms with Gasteiger partial charge in [-0.15, -0.1) is 11.8 Å². The second kappa shape index (κ2) is 2.04. The van der Waals surface area contributed by atoms with E-state index in [0.29, 0.717) is 9.49 Å². The maximum atomic E-state index is 2.37. The molecule has 1 aliphatic heterocycles. The lowest BCUT2D eigenvalue weighted by Crippen LogP contribution is -2.16. The fourth-order valence-electron chi connectivity index (χ4n) is 1.46. The Bertz CT molecular complexity index is 175. The molecule has 10 heavy (non-hydrogen) atoms. The van der Waals surface area contributed by atoms with Crippen molar-refractivity contribution in [3.05, 3.63) is 11.6 Å². The van der Waals surface area contributed by atoms with Crippen molar-refractivity contribution < 1.29 is 0 Å². The van der Waals surface area contributed by atoms with Gasteiger partial charge in [0.2, 0.25) is 0 Å². The number of thioether (sulfide) groups is 1. The molecule has 0 aliphatic carbocycles. The molecule has 0 aromatic heterocycles. The maximum Gasteiger partial charge on any atom is 0.0318 e. The van der Waals surface area contributed by atoms with E-state index >= 15 is 0 Å². The molecule has 0 bridgehead atoms. The summed E-state index contributed by atoms with van der Waals surface area (Å²) in [7, 11) is 0. The lowest BCUT2D eigenvalue weighted by atomic mass is 10.0. The summed E-state index contributed by atoms with van der Waals surface area (Å²) < 4.78 is 0.719.